The van der Waals surface area contributed by atoms with Gasteiger partial charge in [-0.25, -0.2) is 0 Å². The number of hydrogen-bond donors (Lipinski definition) is 1. The van der Waals surface area contributed by atoms with E-state index in [9.17, 15) is 9.59 Å². The number of methoxy groups -OCH3 is 1. The highest BCUT2D eigenvalue weighted by atomic mass is 16.5. The predicted molar refractivity (Wildman–Crippen MR) is 129 cm³/mol. The maximum atomic E-state index is 13.2. The van der Waals surface area contributed by atoms with E-state index in [0.717, 1.165) is 16.9 Å². The summed E-state index contributed by atoms with van der Waals surface area (Å²) in [5, 5.41) is 2.86. The molecule has 1 aliphatic heterocycles. The van der Waals surface area contributed by atoms with E-state index in [-0.39, 0.29) is 18.4 Å². The molecule has 0 saturated carbocycles. The lowest BCUT2D eigenvalue weighted by Gasteiger charge is -2.23. The van der Waals surface area contributed by atoms with E-state index < -0.39 is 6.10 Å². The van der Waals surface area contributed by atoms with E-state index in [0.29, 0.717) is 36.7 Å². The van der Waals surface area contributed by atoms with Crippen LogP contribution in [0.25, 0.3) is 0 Å². The second-order valence-electron chi connectivity index (χ2n) is 8.03. The topological polar surface area (TPSA) is 77.1 Å². The van der Waals surface area contributed by atoms with Crippen LogP contribution in [0.15, 0.2) is 72.8 Å². The van der Waals surface area contributed by atoms with Gasteiger partial charge >= 0.3 is 0 Å². The molecule has 34 heavy (non-hydrogen) atoms. The Kier molecular flexibility index (Phi) is 7.32. The van der Waals surface area contributed by atoms with Crippen molar-refractivity contribution in [3.8, 4) is 17.2 Å². The molecule has 1 aliphatic rings. The zero-order valence-electron chi connectivity index (χ0n) is 19.3. The van der Waals surface area contributed by atoms with E-state index in [1.807, 2.05) is 55.5 Å². The standard InChI is InChI=1S/C27H28N2O5/c1-3-24-27(31)29(16-19-8-7-11-23(14-19)32-2)17-20-15-21(12-13-25(20)34-24)28-26(30)18-33-22-9-5-4-6-10-22/h4-15,24H,3,16-18H2,1-2H3,(H,28,30)/t24-/m0/s1. The van der Waals surface area contributed by atoms with Crippen molar-refractivity contribution in [2.75, 3.05) is 19.0 Å². The van der Waals surface area contributed by atoms with Crippen molar-refractivity contribution in [1.29, 1.82) is 0 Å². The van der Waals surface area contributed by atoms with Crippen LogP contribution in [0.1, 0.15) is 24.5 Å². The van der Waals surface area contributed by atoms with E-state index in [2.05, 4.69) is 5.32 Å². The lowest BCUT2D eigenvalue weighted by Crippen LogP contribution is -2.38. The Labute approximate surface area is 199 Å². The molecule has 3 aromatic carbocycles. The Hall–Kier alpha value is -4.00. The number of rotatable bonds is 8. The van der Waals surface area contributed by atoms with Crippen LogP contribution in [0, 0.1) is 0 Å². The molecule has 0 spiro atoms. The summed E-state index contributed by atoms with van der Waals surface area (Å²) in [6.07, 6.45) is -0.00563. The van der Waals surface area contributed by atoms with Gasteiger partial charge in [0.25, 0.3) is 11.8 Å². The van der Waals surface area contributed by atoms with Crippen LogP contribution in [-0.4, -0.2) is 36.5 Å². The highest BCUT2D eigenvalue weighted by molar-refractivity contribution is 5.92. The quantitative estimate of drug-likeness (QED) is 0.539. The van der Waals surface area contributed by atoms with Crippen LogP contribution in [0.2, 0.25) is 0 Å². The maximum Gasteiger partial charge on any atom is 0.264 e. The van der Waals surface area contributed by atoms with E-state index in [1.54, 1.807) is 36.3 Å². The van der Waals surface area contributed by atoms with Crippen LogP contribution in [0.3, 0.4) is 0 Å². The molecular weight excluding hydrogens is 432 g/mol. The average molecular weight is 461 g/mol. The van der Waals surface area contributed by atoms with Crippen LogP contribution >= 0.6 is 0 Å². The molecule has 7 heteroatoms. The van der Waals surface area contributed by atoms with Crippen molar-refractivity contribution < 1.29 is 23.8 Å². The molecule has 1 N–H and O–H groups in total. The minimum Gasteiger partial charge on any atom is -0.497 e. The van der Waals surface area contributed by atoms with Gasteiger partial charge in [-0.1, -0.05) is 37.3 Å². The minimum atomic E-state index is -0.563. The molecule has 3 aromatic rings. The third kappa shape index (κ3) is 5.67. The first-order valence-corrected chi connectivity index (χ1v) is 11.2. The molecule has 0 aromatic heterocycles. The molecule has 0 fully saturated rings. The third-order valence-electron chi connectivity index (χ3n) is 5.55. The van der Waals surface area contributed by atoms with Gasteiger partial charge in [-0.15, -0.1) is 0 Å². The number of ether oxygens (including phenoxy) is 3. The molecule has 1 heterocycles. The fourth-order valence-corrected chi connectivity index (χ4v) is 3.83. The number of hydrogen-bond acceptors (Lipinski definition) is 5. The Morgan fingerprint density at radius 1 is 1.06 bits per heavy atom. The van der Waals surface area contributed by atoms with Gasteiger partial charge in [0, 0.05) is 24.3 Å². The largest absolute Gasteiger partial charge is 0.497 e. The Bertz CT molecular complexity index is 1150. The highest BCUT2D eigenvalue weighted by Crippen LogP contribution is 2.30. The van der Waals surface area contributed by atoms with Crippen LogP contribution in [0.4, 0.5) is 5.69 Å². The summed E-state index contributed by atoms with van der Waals surface area (Å²) in [6, 6.07) is 22.3. The summed E-state index contributed by atoms with van der Waals surface area (Å²) in [5.41, 5.74) is 2.41. The van der Waals surface area contributed by atoms with Crippen molar-refractivity contribution in [2.24, 2.45) is 0 Å². The number of benzene rings is 3. The predicted octanol–water partition coefficient (Wildman–Crippen LogP) is 4.41. The second-order valence-corrected chi connectivity index (χ2v) is 8.03. The molecule has 0 aliphatic carbocycles. The zero-order valence-corrected chi connectivity index (χ0v) is 19.3. The van der Waals surface area contributed by atoms with Gasteiger partial charge in [0.15, 0.2) is 12.7 Å². The molecule has 0 unspecified atom stereocenters. The van der Waals surface area contributed by atoms with Crippen molar-refractivity contribution in [1.82, 2.24) is 4.90 Å². The summed E-state index contributed by atoms with van der Waals surface area (Å²) in [7, 11) is 1.62. The van der Waals surface area contributed by atoms with Crippen molar-refractivity contribution in [3.05, 3.63) is 83.9 Å². The van der Waals surface area contributed by atoms with Crippen molar-refractivity contribution in [3.63, 3.8) is 0 Å². The highest BCUT2D eigenvalue weighted by Gasteiger charge is 2.30. The molecule has 0 radical (unpaired) electrons. The Morgan fingerprint density at radius 2 is 1.85 bits per heavy atom. The minimum absolute atomic E-state index is 0.0663. The SMILES string of the molecule is CC[C@@H]1Oc2ccc(NC(=O)COc3ccccc3)cc2CN(Cc2cccc(OC)c2)C1=O. The molecule has 1 atom stereocenters. The summed E-state index contributed by atoms with van der Waals surface area (Å²) >= 11 is 0. The Morgan fingerprint density at radius 3 is 2.62 bits per heavy atom. The average Bonchev–Trinajstić information content (AvgIpc) is 2.99. The van der Waals surface area contributed by atoms with Crippen molar-refractivity contribution in [2.45, 2.75) is 32.5 Å². The molecule has 7 nitrogen and oxygen atoms in total. The fraction of sp³-hybridized carbons (Fsp3) is 0.259. The lowest BCUT2D eigenvalue weighted by atomic mass is 10.1. The summed E-state index contributed by atoms with van der Waals surface area (Å²) in [4.78, 5) is 27.3. The number of nitrogens with one attached hydrogen (secondary N) is 1. The first kappa shape index (κ1) is 23.2. The number of anilines is 1. The van der Waals surface area contributed by atoms with E-state index in [1.165, 1.54) is 0 Å². The first-order chi connectivity index (χ1) is 16.6. The third-order valence-corrected chi connectivity index (χ3v) is 5.55. The van der Waals surface area contributed by atoms with Gasteiger partial charge in [-0.3, -0.25) is 9.59 Å². The summed E-state index contributed by atoms with van der Waals surface area (Å²) in [5.74, 6) is 1.68. The lowest BCUT2D eigenvalue weighted by molar-refractivity contribution is -0.139. The van der Waals surface area contributed by atoms with Crippen molar-refractivity contribution >= 4 is 17.5 Å². The number of nitrogens with zero attached hydrogens (tertiary/aromatic N) is 1. The first-order valence-electron chi connectivity index (χ1n) is 11.2. The van der Waals surface area contributed by atoms with E-state index >= 15 is 0 Å². The fourth-order valence-electron chi connectivity index (χ4n) is 3.83. The molecule has 4 rings (SSSR count). The number of carbonyl (C=O) groups is 2. The summed E-state index contributed by atoms with van der Waals surface area (Å²) < 4.78 is 16.9. The smallest absolute Gasteiger partial charge is 0.264 e. The molecule has 0 bridgehead atoms. The van der Waals surface area contributed by atoms with E-state index in [4.69, 9.17) is 14.2 Å². The summed E-state index contributed by atoms with van der Waals surface area (Å²) in [6.45, 7) is 2.62. The zero-order chi connectivity index (χ0) is 23.9. The normalized spacial score (nSPS) is 15.1. The molecule has 176 valence electrons. The number of carbonyl (C=O) groups excluding carboxylic acids is 2. The molecular formula is C27H28N2O5. The van der Waals surface area contributed by atoms with Gasteiger partial charge < -0.3 is 24.4 Å². The van der Waals surface area contributed by atoms with Gasteiger partial charge in [0.2, 0.25) is 0 Å². The van der Waals surface area contributed by atoms with Crippen LogP contribution < -0.4 is 19.5 Å². The van der Waals surface area contributed by atoms with Gasteiger partial charge in [-0.05, 0) is 54.4 Å². The maximum absolute atomic E-state index is 13.2. The van der Waals surface area contributed by atoms with Gasteiger partial charge in [0.1, 0.15) is 17.2 Å². The number of para-hydroxylation sites is 1. The number of fused-ring (bicyclic) bond motifs is 1. The van der Waals surface area contributed by atoms with Gasteiger partial charge in [-0.2, -0.15) is 0 Å². The van der Waals surface area contributed by atoms with Crippen LogP contribution in [0.5, 0.6) is 17.2 Å². The number of amides is 2. The molecule has 0 saturated heterocycles. The second kappa shape index (κ2) is 10.7. The molecule has 2 amide bonds. The van der Waals surface area contributed by atoms with Crippen LogP contribution in [-0.2, 0) is 22.7 Å². The van der Waals surface area contributed by atoms with Gasteiger partial charge in [0.05, 0.1) is 7.11 Å². The monoisotopic (exact) mass is 460 g/mol. The Balaban J connectivity index is 1.49.